The van der Waals surface area contributed by atoms with Crippen molar-refractivity contribution in [3.8, 4) is 0 Å². The number of H-pyrrole nitrogens is 1. The molecule has 1 fully saturated rings. The van der Waals surface area contributed by atoms with Crippen LogP contribution in [-0.2, 0) is 10.5 Å². The summed E-state index contributed by atoms with van der Waals surface area (Å²) in [6.07, 6.45) is -0.402. The fourth-order valence-corrected chi connectivity index (χ4v) is 2.05. The van der Waals surface area contributed by atoms with Crippen molar-refractivity contribution in [3.63, 3.8) is 0 Å². The number of aromatic nitrogens is 2. The van der Waals surface area contributed by atoms with Gasteiger partial charge in [-0.3, -0.25) is 14.3 Å². The molecule has 0 spiro atoms. The van der Waals surface area contributed by atoms with Gasteiger partial charge in [0.2, 0.25) is 5.72 Å². The van der Waals surface area contributed by atoms with Gasteiger partial charge in [0.1, 0.15) is 12.2 Å². The van der Waals surface area contributed by atoms with Crippen molar-refractivity contribution in [1.29, 1.82) is 0 Å². The molecule has 8 heteroatoms. The first-order chi connectivity index (χ1) is 8.96. The van der Waals surface area contributed by atoms with Crippen molar-refractivity contribution >= 4 is 6.08 Å². The zero-order valence-corrected chi connectivity index (χ0v) is 9.94. The maximum Gasteiger partial charge on any atom is 0.330 e. The van der Waals surface area contributed by atoms with Crippen LogP contribution in [0.15, 0.2) is 22.4 Å². The van der Waals surface area contributed by atoms with E-state index in [2.05, 4.69) is 6.58 Å². The van der Waals surface area contributed by atoms with Gasteiger partial charge < -0.3 is 20.1 Å². The third-order valence-electron chi connectivity index (χ3n) is 3.15. The maximum absolute atomic E-state index is 11.8. The van der Waals surface area contributed by atoms with Gasteiger partial charge in [0, 0.05) is 6.20 Å². The molecule has 1 aliphatic heterocycles. The summed E-state index contributed by atoms with van der Waals surface area (Å²) in [5, 5.41) is 28.9. The average molecular weight is 270 g/mol. The van der Waals surface area contributed by atoms with Gasteiger partial charge in [-0.15, -0.1) is 0 Å². The first kappa shape index (κ1) is 13.7. The SMILES string of the molecule is C=Cc1cn([C@@]2(CO)OC[C@@H](O)[C@@H]2O)c(=O)[nH]c1=O. The summed E-state index contributed by atoms with van der Waals surface area (Å²) >= 11 is 0. The summed E-state index contributed by atoms with van der Waals surface area (Å²) in [5.74, 6) is 0. The van der Waals surface area contributed by atoms with Crippen LogP contribution in [0, 0.1) is 0 Å². The summed E-state index contributed by atoms with van der Waals surface area (Å²) in [7, 11) is 0. The quantitative estimate of drug-likeness (QED) is 0.484. The fourth-order valence-electron chi connectivity index (χ4n) is 2.05. The smallest absolute Gasteiger partial charge is 0.330 e. The number of nitrogens with zero attached hydrogens (tertiary/aromatic N) is 1. The molecule has 104 valence electrons. The van der Waals surface area contributed by atoms with E-state index in [1.54, 1.807) is 0 Å². The highest BCUT2D eigenvalue weighted by molar-refractivity contribution is 5.43. The number of hydrogen-bond donors (Lipinski definition) is 4. The lowest BCUT2D eigenvalue weighted by Gasteiger charge is -2.31. The fraction of sp³-hybridized carbons (Fsp3) is 0.455. The van der Waals surface area contributed by atoms with Gasteiger partial charge in [-0.25, -0.2) is 4.79 Å². The summed E-state index contributed by atoms with van der Waals surface area (Å²) < 4.78 is 6.03. The summed E-state index contributed by atoms with van der Waals surface area (Å²) in [4.78, 5) is 25.2. The number of nitrogens with one attached hydrogen (secondary N) is 1. The molecule has 2 rings (SSSR count). The highest BCUT2D eigenvalue weighted by Crippen LogP contribution is 2.30. The molecular weight excluding hydrogens is 256 g/mol. The molecule has 0 saturated carbocycles. The van der Waals surface area contributed by atoms with Crippen molar-refractivity contribution in [1.82, 2.24) is 9.55 Å². The Morgan fingerprint density at radius 2 is 2.26 bits per heavy atom. The Morgan fingerprint density at radius 3 is 2.74 bits per heavy atom. The van der Waals surface area contributed by atoms with E-state index in [-0.39, 0.29) is 12.2 Å². The second-order valence-corrected chi connectivity index (χ2v) is 4.24. The average Bonchev–Trinajstić information content (AvgIpc) is 2.68. The van der Waals surface area contributed by atoms with Crippen LogP contribution in [0.25, 0.3) is 6.08 Å². The number of aliphatic hydroxyl groups excluding tert-OH is 3. The van der Waals surface area contributed by atoms with Crippen LogP contribution < -0.4 is 11.2 Å². The predicted molar refractivity (Wildman–Crippen MR) is 64.4 cm³/mol. The molecule has 0 aliphatic carbocycles. The molecule has 4 N–H and O–H groups in total. The minimum absolute atomic E-state index is 0.0737. The van der Waals surface area contributed by atoms with Gasteiger partial charge in [-0.1, -0.05) is 12.7 Å². The third kappa shape index (κ3) is 1.94. The van der Waals surface area contributed by atoms with E-state index >= 15 is 0 Å². The Hall–Kier alpha value is -1.74. The van der Waals surface area contributed by atoms with Gasteiger partial charge in [-0.05, 0) is 0 Å². The van der Waals surface area contributed by atoms with E-state index in [1.165, 1.54) is 6.08 Å². The van der Waals surface area contributed by atoms with Crippen LogP contribution in [-0.4, -0.2) is 50.3 Å². The molecule has 0 bridgehead atoms. The van der Waals surface area contributed by atoms with Gasteiger partial charge in [0.15, 0.2) is 0 Å². The van der Waals surface area contributed by atoms with Gasteiger partial charge in [0.25, 0.3) is 5.56 Å². The second-order valence-electron chi connectivity index (χ2n) is 4.24. The molecule has 2 heterocycles. The Balaban J connectivity index is 2.66. The van der Waals surface area contributed by atoms with Crippen LogP contribution >= 0.6 is 0 Å². The van der Waals surface area contributed by atoms with Gasteiger partial charge in [-0.2, -0.15) is 0 Å². The topological polar surface area (TPSA) is 125 Å². The van der Waals surface area contributed by atoms with Crippen LogP contribution in [0.4, 0.5) is 0 Å². The Labute approximate surface area is 107 Å². The van der Waals surface area contributed by atoms with E-state index in [0.29, 0.717) is 0 Å². The Kier molecular flexibility index (Phi) is 3.42. The van der Waals surface area contributed by atoms with Gasteiger partial charge >= 0.3 is 5.69 Å². The molecule has 19 heavy (non-hydrogen) atoms. The van der Waals surface area contributed by atoms with Crippen LogP contribution in [0.2, 0.25) is 0 Å². The van der Waals surface area contributed by atoms with Crippen LogP contribution in [0.1, 0.15) is 5.56 Å². The highest BCUT2D eigenvalue weighted by atomic mass is 16.6. The van der Waals surface area contributed by atoms with Gasteiger partial charge in [0.05, 0.1) is 18.8 Å². The number of aromatic amines is 1. The van der Waals surface area contributed by atoms with Crippen molar-refractivity contribution in [3.05, 3.63) is 39.2 Å². The normalized spacial score (nSPS) is 30.5. The zero-order chi connectivity index (χ0) is 14.2. The van der Waals surface area contributed by atoms with E-state index in [9.17, 15) is 24.9 Å². The zero-order valence-electron chi connectivity index (χ0n) is 9.94. The second kappa shape index (κ2) is 4.74. The predicted octanol–water partition coefficient (Wildman–Crippen LogP) is -2.42. The van der Waals surface area contributed by atoms with Crippen molar-refractivity contribution in [2.24, 2.45) is 0 Å². The monoisotopic (exact) mass is 270 g/mol. The largest absolute Gasteiger partial charge is 0.391 e. The summed E-state index contributed by atoms with van der Waals surface area (Å²) in [6, 6.07) is 0. The number of rotatable bonds is 3. The van der Waals surface area contributed by atoms with E-state index in [4.69, 9.17) is 4.74 Å². The third-order valence-corrected chi connectivity index (χ3v) is 3.15. The molecule has 3 atom stereocenters. The summed E-state index contributed by atoms with van der Waals surface area (Å²) in [6.45, 7) is 2.44. The van der Waals surface area contributed by atoms with E-state index in [0.717, 1.165) is 10.8 Å². The molecular formula is C11H14N2O6. The first-order valence-corrected chi connectivity index (χ1v) is 5.56. The molecule has 8 nitrogen and oxygen atoms in total. The van der Waals surface area contributed by atoms with Crippen LogP contribution in [0.3, 0.4) is 0 Å². The Morgan fingerprint density at radius 1 is 1.58 bits per heavy atom. The maximum atomic E-state index is 11.8. The van der Waals surface area contributed by atoms with Crippen molar-refractivity contribution < 1.29 is 20.1 Å². The minimum atomic E-state index is -1.82. The van der Waals surface area contributed by atoms with E-state index < -0.39 is 35.8 Å². The molecule has 1 saturated heterocycles. The standard InChI is InChI=1S/C11H14N2O6/c1-2-6-3-13(10(18)12-9(6)17)11(5-14)8(16)7(15)4-19-11/h2-3,7-8,14-16H,1,4-5H2,(H,12,17,18)/t7-,8+,11+/m1/s1. The number of aliphatic hydroxyl groups is 3. The number of ether oxygens (including phenoxy) is 1. The molecule has 0 aromatic carbocycles. The van der Waals surface area contributed by atoms with Crippen molar-refractivity contribution in [2.45, 2.75) is 17.9 Å². The highest BCUT2D eigenvalue weighted by Gasteiger charge is 2.51. The molecule has 1 aromatic heterocycles. The minimum Gasteiger partial charge on any atom is -0.391 e. The molecule has 1 aliphatic rings. The lowest BCUT2D eigenvalue weighted by Crippen LogP contribution is -2.54. The molecule has 0 radical (unpaired) electrons. The first-order valence-electron chi connectivity index (χ1n) is 5.56. The number of hydrogen-bond acceptors (Lipinski definition) is 6. The molecule has 1 aromatic rings. The molecule has 0 unspecified atom stereocenters. The molecule has 0 amide bonds. The van der Waals surface area contributed by atoms with Crippen molar-refractivity contribution in [2.75, 3.05) is 13.2 Å². The lowest BCUT2D eigenvalue weighted by atomic mass is 10.1. The lowest BCUT2D eigenvalue weighted by molar-refractivity contribution is -0.154. The summed E-state index contributed by atoms with van der Waals surface area (Å²) in [5.41, 5.74) is -3.25. The van der Waals surface area contributed by atoms with E-state index in [1.807, 2.05) is 4.98 Å². The Bertz CT molecular complexity index is 606. The van der Waals surface area contributed by atoms with Crippen LogP contribution in [0.5, 0.6) is 0 Å².